The van der Waals surface area contributed by atoms with Crippen LogP contribution in [0.3, 0.4) is 0 Å². The van der Waals surface area contributed by atoms with Crippen LogP contribution in [0.2, 0.25) is 0 Å². The Morgan fingerprint density at radius 1 is 0.829 bits per heavy atom. The van der Waals surface area contributed by atoms with Gasteiger partial charge in [-0.1, -0.05) is 60.7 Å². The fraction of sp³-hybridized carbons (Fsp3) is 0.179. The Morgan fingerprint density at radius 2 is 1.49 bits per heavy atom. The SMILES string of the molecule is O=C(NC(c1ccccc1)c1c(O)ccc2ccccc12)c1ccc(S(=O)(=O)N2CCCC2)cc1. The maximum atomic E-state index is 13.3. The summed E-state index contributed by atoms with van der Waals surface area (Å²) in [5, 5.41) is 15.7. The highest BCUT2D eigenvalue weighted by atomic mass is 32.2. The van der Waals surface area contributed by atoms with Crippen molar-refractivity contribution in [3.63, 3.8) is 0 Å². The third-order valence-corrected chi connectivity index (χ3v) is 8.38. The standard InChI is InChI=1S/C28H26N2O4S/c31-25-17-14-20-8-4-5-11-24(20)26(25)27(21-9-2-1-3-10-21)29-28(32)22-12-15-23(16-13-22)35(33,34)30-18-6-7-19-30/h1-5,8-17,27,31H,6-7,18-19H2,(H,29,32). The second-order valence-corrected chi connectivity index (χ2v) is 10.6. The topological polar surface area (TPSA) is 86.7 Å². The Hall–Kier alpha value is -3.68. The van der Waals surface area contributed by atoms with Gasteiger partial charge in [0.15, 0.2) is 0 Å². The monoisotopic (exact) mass is 486 g/mol. The van der Waals surface area contributed by atoms with Gasteiger partial charge in [-0.25, -0.2) is 8.42 Å². The van der Waals surface area contributed by atoms with E-state index in [-0.39, 0.29) is 16.6 Å². The predicted octanol–water partition coefficient (Wildman–Crippen LogP) is 4.85. The van der Waals surface area contributed by atoms with Crippen LogP contribution in [0.1, 0.15) is 40.4 Å². The van der Waals surface area contributed by atoms with Crippen LogP contribution in [-0.2, 0) is 10.0 Å². The molecule has 1 unspecified atom stereocenters. The molecule has 1 aliphatic rings. The van der Waals surface area contributed by atoms with Gasteiger partial charge in [0.2, 0.25) is 10.0 Å². The largest absolute Gasteiger partial charge is 0.508 e. The average molecular weight is 487 g/mol. The Bertz CT molecular complexity index is 1460. The molecule has 0 aliphatic carbocycles. The van der Waals surface area contributed by atoms with Crippen molar-refractivity contribution >= 4 is 26.7 Å². The summed E-state index contributed by atoms with van der Waals surface area (Å²) in [5.41, 5.74) is 1.77. The number of hydrogen-bond donors (Lipinski definition) is 2. The highest BCUT2D eigenvalue weighted by Gasteiger charge is 2.28. The minimum absolute atomic E-state index is 0.0879. The van der Waals surface area contributed by atoms with E-state index in [1.54, 1.807) is 6.07 Å². The minimum atomic E-state index is -3.55. The van der Waals surface area contributed by atoms with Crippen molar-refractivity contribution in [2.75, 3.05) is 13.1 Å². The zero-order valence-corrected chi connectivity index (χ0v) is 19.9. The third kappa shape index (κ3) is 4.52. The summed E-state index contributed by atoms with van der Waals surface area (Å²) >= 11 is 0. The third-order valence-electron chi connectivity index (χ3n) is 6.46. The predicted molar refractivity (Wildman–Crippen MR) is 136 cm³/mol. The molecule has 1 aliphatic heterocycles. The lowest BCUT2D eigenvalue weighted by Crippen LogP contribution is -2.30. The smallest absolute Gasteiger partial charge is 0.252 e. The molecular weight excluding hydrogens is 460 g/mol. The van der Waals surface area contributed by atoms with Crippen molar-refractivity contribution in [3.05, 3.63) is 108 Å². The molecule has 5 rings (SSSR count). The summed E-state index contributed by atoms with van der Waals surface area (Å²) in [6.07, 6.45) is 1.73. The summed E-state index contributed by atoms with van der Waals surface area (Å²) in [6, 6.07) is 26.1. The number of nitrogens with zero attached hydrogens (tertiary/aromatic N) is 1. The summed E-state index contributed by atoms with van der Waals surface area (Å²) < 4.78 is 27.1. The quantitative estimate of drug-likeness (QED) is 0.408. The van der Waals surface area contributed by atoms with E-state index >= 15 is 0 Å². The molecule has 1 atom stereocenters. The molecule has 1 amide bonds. The van der Waals surface area contributed by atoms with Gasteiger partial charge in [0.05, 0.1) is 10.9 Å². The lowest BCUT2D eigenvalue weighted by atomic mass is 9.92. The van der Waals surface area contributed by atoms with Gasteiger partial charge in [-0.2, -0.15) is 4.31 Å². The van der Waals surface area contributed by atoms with Crippen LogP contribution in [0.15, 0.2) is 95.9 Å². The number of phenolic OH excluding ortho intramolecular Hbond substituents is 1. The number of benzene rings is 4. The Balaban J connectivity index is 1.49. The molecule has 0 spiro atoms. The molecule has 7 heteroatoms. The number of sulfonamides is 1. The van der Waals surface area contributed by atoms with Gasteiger partial charge in [0.1, 0.15) is 5.75 Å². The number of carbonyl (C=O) groups excluding carboxylic acids is 1. The van der Waals surface area contributed by atoms with E-state index in [1.807, 2.05) is 60.7 Å². The second-order valence-electron chi connectivity index (χ2n) is 8.67. The summed E-state index contributed by atoms with van der Waals surface area (Å²) in [5.74, 6) is -0.277. The zero-order chi connectivity index (χ0) is 24.4. The van der Waals surface area contributed by atoms with E-state index in [1.165, 1.54) is 28.6 Å². The second kappa shape index (κ2) is 9.52. The molecule has 0 bridgehead atoms. The first-order valence-electron chi connectivity index (χ1n) is 11.6. The number of amides is 1. The van der Waals surface area contributed by atoms with Crippen molar-refractivity contribution < 1.29 is 18.3 Å². The molecule has 6 nitrogen and oxygen atoms in total. The summed E-state index contributed by atoms with van der Waals surface area (Å²) in [6.45, 7) is 1.05. The number of nitrogens with one attached hydrogen (secondary N) is 1. The Kier molecular flexibility index (Phi) is 6.28. The molecule has 1 fully saturated rings. The van der Waals surface area contributed by atoms with Crippen LogP contribution in [-0.4, -0.2) is 36.8 Å². The van der Waals surface area contributed by atoms with E-state index in [2.05, 4.69) is 5.32 Å². The molecule has 35 heavy (non-hydrogen) atoms. The molecule has 2 N–H and O–H groups in total. The first-order chi connectivity index (χ1) is 16.9. The van der Waals surface area contributed by atoms with Crippen LogP contribution in [0.4, 0.5) is 0 Å². The molecule has 0 aromatic heterocycles. The number of rotatable bonds is 6. The van der Waals surface area contributed by atoms with Gasteiger partial charge in [-0.3, -0.25) is 4.79 Å². The lowest BCUT2D eigenvalue weighted by Gasteiger charge is -2.23. The molecule has 4 aromatic rings. The van der Waals surface area contributed by atoms with Crippen LogP contribution in [0.25, 0.3) is 10.8 Å². The highest BCUT2D eigenvalue weighted by molar-refractivity contribution is 7.89. The number of aromatic hydroxyl groups is 1. The minimum Gasteiger partial charge on any atom is -0.508 e. The number of hydrogen-bond acceptors (Lipinski definition) is 4. The lowest BCUT2D eigenvalue weighted by molar-refractivity contribution is 0.0943. The molecule has 0 radical (unpaired) electrons. The van der Waals surface area contributed by atoms with Gasteiger partial charge in [-0.05, 0) is 59.5 Å². The molecule has 0 saturated carbocycles. The average Bonchev–Trinajstić information content (AvgIpc) is 3.44. The Morgan fingerprint density at radius 3 is 2.20 bits per heavy atom. The number of phenols is 1. The first-order valence-corrected chi connectivity index (χ1v) is 13.1. The zero-order valence-electron chi connectivity index (χ0n) is 19.1. The van der Waals surface area contributed by atoms with Gasteiger partial charge in [0, 0.05) is 24.2 Å². The van der Waals surface area contributed by atoms with E-state index < -0.39 is 16.1 Å². The fourth-order valence-electron chi connectivity index (χ4n) is 4.63. The summed E-state index contributed by atoms with van der Waals surface area (Å²) in [7, 11) is -3.55. The number of fused-ring (bicyclic) bond motifs is 1. The van der Waals surface area contributed by atoms with E-state index in [9.17, 15) is 18.3 Å². The van der Waals surface area contributed by atoms with E-state index in [0.717, 1.165) is 29.2 Å². The highest BCUT2D eigenvalue weighted by Crippen LogP contribution is 2.36. The van der Waals surface area contributed by atoms with Gasteiger partial charge >= 0.3 is 0 Å². The van der Waals surface area contributed by atoms with Crippen molar-refractivity contribution in [1.82, 2.24) is 9.62 Å². The van der Waals surface area contributed by atoms with Crippen LogP contribution < -0.4 is 5.32 Å². The summed E-state index contributed by atoms with van der Waals surface area (Å²) in [4.78, 5) is 13.5. The van der Waals surface area contributed by atoms with Crippen molar-refractivity contribution in [3.8, 4) is 5.75 Å². The molecular formula is C28H26N2O4S. The van der Waals surface area contributed by atoms with E-state index in [0.29, 0.717) is 24.2 Å². The van der Waals surface area contributed by atoms with Crippen molar-refractivity contribution in [2.24, 2.45) is 0 Å². The molecule has 4 aromatic carbocycles. The molecule has 178 valence electrons. The first kappa shape index (κ1) is 23.1. The van der Waals surface area contributed by atoms with Gasteiger partial charge in [0.25, 0.3) is 5.91 Å². The van der Waals surface area contributed by atoms with Crippen LogP contribution in [0.5, 0.6) is 5.75 Å². The molecule has 1 heterocycles. The molecule has 1 saturated heterocycles. The van der Waals surface area contributed by atoms with Crippen LogP contribution in [0, 0.1) is 0 Å². The maximum absolute atomic E-state index is 13.3. The van der Waals surface area contributed by atoms with Crippen molar-refractivity contribution in [1.29, 1.82) is 0 Å². The maximum Gasteiger partial charge on any atom is 0.252 e. The van der Waals surface area contributed by atoms with Gasteiger partial charge < -0.3 is 10.4 Å². The fourth-order valence-corrected chi connectivity index (χ4v) is 6.14. The normalized spacial score (nSPS) is 15.2. The van der Waals surface area contributed by atoms with Crippen molar-refractivity contribution in [2.45, 2.75) is 23.8 Å². The Labute approximate surface area is 204 Å². The number of carbonyl (C=O) groups is 1. The van der Waals surface area contributed by atoms with E-state index in [4.69, 9.17) is 0 Å². The van der Waals surface area contributed by atoms with Gasteiger partial charge in [-0.15, -0.1) is 0 Å². The van der Waals surface area contributed by atoms with Crippen LogP contribution >= 0.6 is 0 Å².